The van der Waals surface area contributed by atoms with E-state index in [0.29, 0.717) is 0 Å². The first-order chi connectivity index (χ1) is 5.20. The summed E-state index contributed by atoms with van der Waals surface area (Å²) in [4.78, 5) is 16.2. The van der Waals surface area contributed by atoms with E-state index in [2.05, 4.69) is 0 Å². The SMILES string of the molecule is CP(C)O.CP(C)O.C[PH](C)=O.[Pt]. The van der Waals surface area contributed by atoms with Gasteiger partial charge in [-0.25, -0.2) is 0 Å². The zero-order valence-electron chi connectivity index (χ0n) is 9.01. The van der Waals surface area contributed by atoms with E-state index >= 15 is 0 Å². The summed E-state index contributed by atoms with van der Waals surface area (Å²) in [6.07, 6.45) is 0. The minimum Gasteiger partial charge on any atom is -0.374 e. The van der Waals surface area contributed by atoms with Crippen LogP contribution in [-0.2, 0) is 25.6 Å². The molecule has 0 bridgehead atoms. The predicted molar refractivity (Wildman–Crippen MR) is 62.8 cm³/mol. The van der Waals surface area contributed by atoms with Crippen molar-refractivity contribution in [3.05, 3.63) is 0 Å². The summed E-state index contributed by atoms with van der Waals surface area (Å²) in [7, 11) is -2.37. The smallest absolute Gasteiger partial charge is 0.0703 e. The van der Waals surface area contributed by atoms with Crippen molar-refractivity contribution in [1.29, 1.82) is 0 Å². The molecule has 0 aromatic carbocycles. The fraction of sp³-hybridized carbons (Fsp3) is 1.00. The first-order valence-electron chi connectivity index (χ1n) is 3.39. The van der Waals surface area contributed by atoms with Gasteiger partial charge in [0, 0.05) is 37.4 Å². The molecule has 0 unspecified atom stereocenters. The molecule has 0 saturated carbocycles. The molecule has 0 rings (SSSR count). The van der Waals surface area contributed by atoms with Crippen molar-refractivity contribution in [2.45, 2.75) is 0 Å². The third-order valence-electron chi connectivity index (χ3n) is 0. The summed E-state index contributed by atoms with van der Waals surface area (Å²) >= 11 is 0. The van der Waals surface area contributed by atoms with Crippen LogP contribution in [0.4, 0.5) is 0 Å². The van der Waals surface area contributed by atoms with Crippen molar-refractivity contribution in [1.82, 2.24) is 0 Å². The second-order valence-corrected chi connectivity index (χ2v) is 7.81. The largest absolute Gasteiger partial charge is 0.374 e. The molecule has 0 amide bonds. The molecule has 7 heteroatoms. The van der Waals surface area contributed by atoms with Gasteiger partial charge in [0.25, 0.3) is 0 Å². The number of rotatable bonds is 0. The van der Waals surface area contributed by atoms with Gasteiger partial charge in [-0.3, -0.25) is 0 Å². The molecule has 0 atom stereocenters. The summed E-state index contributed by atoms with van der Waals surface area (Å²) in [6, 6.07) is 0. The molecule has 88 valence electrons. The van der Waals surface area contributed by atoms with Gasteiger partial charge in [-0.2, -0.15) is 0 Å². The molecule has 0 aliphatic heterocycles. The molecule has 0 heterocycles. The molecule has 0 aliphatic rings. The van der Waals surface area contributed by atoms with Gasteiger partial charge in [0.1, 0.15) is 0 Å². The Morgan fingerprint density at radius 3 is 0.923 bits per heavy atom. The summed E-state index contributed by atoms with van der Waals surface area (Å²) < 4.78 is 9.63. The molecule has 0 spiro atoms. The van der Waals surface area contributed by atoms with E-state index in [1.54, 1.807) is 40.0 Å². The van der Waals surface area contributed by atoms with Crippen molar-refractivity contribution < 1.29 is 35.4 Å². The topological polar surface area (TPSA) is 57.5 Å². The average molecular weight is 429 g/mol. The van der Waals surface area contributed by atoms with E-state index in [1.807, 2.05) is 0 Å². The third kappa shape index (κ3) is 650. The van der Waals surface area contributed by atoms with Crippen LogP contribution in [0, 0.1) is 0 Å². The zero-order valence-corrected chi connectivity index (χ0v) is 14.1. The quantitative estimate of drug-likeness (QED) is 0.580. The number of hydrogen-bond acceptors (Lipinski definition) is 3. The maximum Gasteiger partial charge on any atom is 0.0703 e. The normalized spacial score (nSPS) is 8.23. The van der Waals surface area contributed by atoms with E-state index in [1.165, 1.54) is 0 Å². The monoisotopic (exact) mass is 429 g/mol. The van der Waals surface area contributed by atoms with Crippen molar-refractivity contribution in [2.24, 2.45) is 0 Å². The van der Waals surface area contributed by atoms with E-state index in [0.717, 1.165) is 0 Å². The third-order valence-corrected chi connectivity index (χ3v) is 0. The Kier molecular flexibility index (Phi) is 35.8. The first-order valence-corrected chi connectivity index (χ1v) is 10.2. The van der Waals surface area contributed by atoms with E-state index < -0.39 is 24.1 Å². The number of hydrogen-bond donors (Lipinski definition) is 2. The second-order valence-electron chi connectivity index (χ2n) is 2.60. The van der Waals surface area contributed by atoms with Gasteiger partial charge in [-0.1, -0.05) is 0 Å². The van der Waals surface area contributed by atoms with Gasteiger partial charge >= 0.3 is 0 Å². The maximum absolute atomic E-state index is 9.63. The van der Waals surface area contributed by atoms with Crippen LogP contribution in [0.15, 0.2) is 0 Å². The van der Waals surface area contributed by atoms with Crippen LogP contribution in [0.1, 0.15) is 0 Å². The summed E-state index contributed by atoms with van der Waals surface area (Å²) in [5, 5.41) is 0. The van der Waals surface area contributed by atoms with Crippen molar-refractivity contribution in [2.75, 3.05) is 40.0 Å². The minimum atomic E-state index is -1.13. The molecule has 3 nitrogen and oxygen atoms in total. The Labute approximate surface area is 99.4 Å². The van der Waals surface area contributed by atoms with E-state index in [9.17, 15) is 4.57 Å². The van der Waals surface area contributed by atoms with Gasteiger partial charge < -0.3 is 14.4 Å². The molecular formula is C6H21O3P3Pt. The average Bonchev–Trinajstić information content (AvgIpc) is 1.54. The Balaban J connectivity index is -0.0000000450. The van der Waals surface area contributed by atoms with Crippen LogP contribution in [0.5, 0.6) is 0 Å². The van der Waals surface area contributed by atoms with E-state index in [-0.39, 0.29) is 21.1 Å². The molecule has 0 saturated heterocycles. The molecule has 0 aliphatic carbocycles. The Hall–Kier alpha value is 1.70. The summed E-state index contributed by atoms with van der Waals surface area (Å²) in [5.41, 5.74) is 0. The van der Waals surface area contributed by atoms with Crippen molar-refractivity contribution >= 4 is 24.1 Å². The van der Waals surface area contributed by atoms with Gasteiger partial charge in [-0.05, 0) is 40.0 Å². The van der Waals surface area contributed by atoms with Crippen LogP contribution in [0.3, 0.4) is 0 Å². The van der Waals surface area contributed by atoms with E-state index in [4.69, 9.17) is 9.79 Å². The predicted octanol–water partition coefficient (Wildman–Crippen LogP) is 2.07. The minimum absolute atomic E-state index is 0. The summed E-state index contributed by atoms with van der Waals surface area (Å²) in [6.45, 7) is 10.6. The van der Waals surface area contributed by atoms with Crippen LogP contribution < -0.4 is 0 Å². The second kappa shape index (κ2) is 19.3. The molecule has 0 radical (unpaired) electrons. The molecule has 0 aromatic heterocycles. The van der Waals surface area contributed by atoms with Gasteiger partial charge in [-0.15, -0.1) is 0 Å². The van der Waals surface area contributed by atoms with Crippen LogP contribution >= 0.6 is 24.1 Å². The fourth-order valence-electron chi connectivity index (χ4n) is 0. The van der Waals surface area contributed by atoms with Crippen LogP contribution in [-0.4, -0.2) is 49.8 Å². The first kappa shape index (κ1) is 24.1. The zero-order chi connectivity index (χ0) is 10.7. The standard InChI is InChI=1S/3C2H7OP.Pt/c3*1-4(2)3;/h4H,1-2H3;2*3H,1-2H3;. The van der Waals surface area contributed by atoms with Crippen LogP contribution in [0.25, 0.3) is 0 Å². The van der Waals surface area contributed by atoms with Gasteiger partial charge in [0.2, 0.25) is 0 Å². The van der Waals surface area contributed by atoms with Gasteiger partial charge in [0.05, 0.1) is 7.80 Å². The summed E-state index contributed by atoms with van der Waals surface area (Å²) in [5.74, 6) is 0. The van der Waals surface area contributed by atoms with Crippen molar-refractivity contribution in [3.8, 4) is 0 Å². The molecular weight excluding hydrogens is 408 g/mol. The Bertz CT molecular complexity index is 85.6. The fourth-order valence-corrected chi connectivity index (χ4v) is 0. The Morgan fingerprint density at radius 2 is 0.923 bits per heavy atom. The van der Waals surface area contributed by atoms with Crippen molar-refractivity contribution in [3.63, 3.8) is 0 Å². The van der Waals surface area contributed by atoms with Crippen LogP contribution in [0.2, 0.25) is 0 Å². The molecule has 13 heavy (non-hydrogen) atoms. The molecule has 0 fully saturated rings. The van der Waals surface area contributed by atoms with Gasteiger partial charge in [0.15, 0.2) is 0 Å². The Morgan fingerprint density at radius 1 is 0.923 bits per heavy atom. The molecule has 2 N–H and O–H groups in total. The molecule has 0 aromatic rings. The maximum atomic E-state index is 9.63.